The van der Waals surface area contributed by atoms with Crippen LogP contribution in [0.3, 0.4) is 0 Å². The van der Waals surface area contributed by atoms with Crippen LogP contribution in [0, 0.1) is 0 Å². The largest absolute Gasteiger partial charge is 0.353 e. The number of carbonyl (C=O) groups is 1. The summed E-state index contributed by atoms with van der Waals surface area (Å²) in [5.74, 6) is 1.48. The maximum atomic E-state index is 11.5. The quantitative estimate of drug-likeness (QED) is 0.868. The Labute approximate surface area is 107 Å². The van der Waals surface area contributed by atoms with Crippen LogP contribution in [-0.4, -0.2) is 22.1 Å². The third-order valence-electron chi connectivity index (χ3n) is 2.88. The molecular formula is C13H21N3O2. The zero-order valence-electron chi connectivity index (χ0n) is 11.3. The average molecular weight is 251 g/mol. The summed E-state index contributed by atoms with van der Waals surface area (Å²) in [5, 5.41) is 6.92. The number of hydrogen-bond acceptors (Lipinski definition) is 4. The lowest BCUT2D eigenvalue weighted by Gasteiger charge is -2.10. The summed E-state index contributed by atoms with van der Waals surface area (Å²) in [6.45, 7) is 6.14. The molecule has 1 aliphatic carbocycles. The van der Waals surface area contributed by atoms with Crippen LogP contribution in [0.25, 0.3) is 0 Å². The molecule has 1 amide bonds. The summed E-state index contributed by atoms with van der Waals surface area (Å²) in [7, 11) is 0. The standard InChI is InChI=1S/C13H21N3O2/c1-13(2,3)12-15-11(18-16-12)6-4-5-10(17)14-9-7-8-9/h9H,4-8H2,1-3H3,(H,14,17). The lowest BCUT2D eigenvalue weighted by Crippen LogP contribution is -2.25. The van der Waals surface area contributed by atoms with Gasteiger partial charge in [0.2, 0.25) is 11.8 Å². The number of nitrogens with zero attached hydrogens (tertiary/aromatic N) is 2. The number of rotatable bonds is 5. The Kier molecular flexibility index (Phi) is 3.68. The number of aromatic nitrogens is 2. The van der Waals surface area contributed by atoms with E-state index in [1.807, 2.05) is 20.8 Å². The molecule has 1 saturated carbocycles. The summed E-state index contributed by atoms with van der Waals surface area (Å²) < 4.78 is 5.17. The number of hydrogen-bond donors (Lipinski definition) is 1. The van der Waals surface area contributed by atoms with E-state index in [2.05, 4.69) is 15.5 Å². The highest BCUT2D eigenvalue weighted by Gasteiger charge is 2.23. The van der Waals surface area contributed by atoms with Gasteiger partial charge in [0.15, 0.2) is 5.82 Å². The van der Waals surface area contributed by atoms with Crippen molar-refractivity contribution in [2.24, 2.45) is 0 Å². The first-order valence-corrected chi connectivity index (χ1v) is 6.57. The highest BCUT2D eigenvalue weighted by Crippen LogP contribution is 2.20. The predicted molar refractivity (Wildman–Crippen MR) is 67.1 cm³/mol. The Morgan fingerprint density at radius 3 is 2.72 bits per heavy atom. The van der Waals surface area contributed by atoms with E-state index in [0.29, 0.717) is 24.8 Å². The third kappa shape index (κ3) is 3.82. The zero-order valence-corrected chi connectivity index (χ0v) is 11.3. The molecular weight excluding hydrogens is 230 g/mol. The van der Waals surface area contributed by atoms with Gasteiger partial charge in [-0.3, -0.25) is 4.79 Å². The van der Waals surface area contributed by atoms with Gasteiger partial charge in [-0.1, -0.05) is 25.9 Å². The van der Waals surface area contributed by atoms with Gasteiger partial charge in [0.25, 0.3) is 0 Å². The molecule has 2 rings (SSSR count). The van der Waals surface area contributed by atoms with Crippen LogP contribution in [0.15, 0.2) is 4.52 Å². The second kappa shape index (κ2) is 5.08. The van der Waals surface area contributed by atoms with E-state index in [-0.39, 0.29) is 11.3 Å². The minimum absolute atomic E-state index is 0.0922. The molecule has 0 spiro atoms. The molecule has 1 N–H and O–H groups in total. The van der Waals surface area contributed by atoms with E-state index in [9.17, 15) is 4.79 Å². The average Bonchev–Trinajstić information content (AvgIpc) is 2.93. The summed E-state index contributed by atoms with van der Waals surface area (Å²) >= 11 is 0. The van der Waals surface area contributed by atoms with Crippen LogP contribution in [0.1, 0.15) is 58.2 Å². The van der Waals surface area contributed by atoms with Crippen molar-refractivity contribution >= 4 is 5.91 Å². The van der Waals surface area contributed by atoms with Crippen molar-refractivity contribution in [3.63, 3.8) is 0 Å². The lowest BCUT2D eigenvalue weighted by molar-refractivity contribution is -0.121. The summed E-state index contributed by atoms with van der Waals surface area (Å²) in [6.07, 6.45) is 4.21. The van der Waals surface area contributed by atoms with Gasteiger partial charge in [0, 0.05) is 24.3 Å². The Balaban J connectivity index is 1.72. The smallest absolute Gasteiger partial charge is 0.226 e. The molecule has 1 aromatic rings. The topological polar surface area (TPSA) is 68.0 Å². The van der Waals surface area contributed by atoms with Crippen molar-refractivity contribution in [3.05, 3.63) is 11.7 Å². The van der Waals surface area contributed by atoms with Gasteiger partial charge >= 0.3 is 0 Å². The van der Waals surface area contributed by atoms with Gasteiger partial charge in [0.1, 0.15) is 0 Å². The molecule has 0 aliphatic heterocycles. The van der Waals surface area contributed by atoms with Crippen LogP contribution in [0.4, 0.5) is 0 Å². The molecule has 100 valence electrons. The molecule has 5 nitrogen and oxygen atoms in total. The minimum Gasteiger partial charge on any atom is -0.353 e. The van der Waals surface area contributed by atoms with E-state index < -0.39 is 0 Å². The highest BCUT2D eigenvalue weighted by molar-refractivity contribution is 5.76. The van der Waals surface area contributed by atoms with Gasteiger partial charge in [-0.15, -0.1) is 0 Å². The second-order valence-electron chi connectivity index (χ2n) is 5.96. The molecule has 1 aliphatic rings. The Morgan fingerprint density at radius 2 is 2.17 bits per heavy atom. The summed E-state index contributed by atoms with van der Waals surface area (Å²) in [5.41, 5.74) is -0.0922. The van der Waals surface area contributed by atoms with Gasteiger partial charge in [-0.05, 0) is 19.3 Å². The Morgan fingerprint density at radius 1 is 1.44 bits per heavy atom. The first-order chi connectivity index (χ1) is 8.45. The minimum atomic E-state index is -0.0922. The number of amides is 1. The highest BCUT2D eigenvalue weighted by atomic mass is 16.5. The van der Waals surface area contributed by atoms with E-state index in [1.54, 1.807) is 0 Å². The monoisotopic (exact) mass is 251 g/mol. The van der Waals surface area contributed by atoms with E-state index in [1.165, 1.54) is 0 Å². The molecule has 0 saturated heterocycles. The maximum absolute atomic E-state index is 11.5. The van der Waals surface area contributed by atoms with Crippen LogP contribution in [-0.2, 0) is 16.6 Å². The fourth-order valence-electron chi connectivity index (χ4n) is 1.59. The Hall–Kier alpha value is -1.39. The van der Waals surface area contributed by atoms with Gasteiger partial charge in [-0.2, -0.15) is 4.98 Å². The molecule has 0 bridgehead atoms. The predicted octanol–water partition coefficient (Wildman–Crippen LogP) is 1.97. The van der Waals surface area contributed by atoms with Gasteiger partial charge in [-0.25, -0.2) is 0 Å². The van der Waals surface area contributed by atoms with Crippen LogP contribution in [0.5, 0.6) is 0 Å². The van der Waals surface area contributed by atoms with E-state index in [0.717, 1.165) is 25.1 Å². The summed E-state index contributed by atoms with van der Waals surface area (Å²) in [6, 6.07) is 0.438. The third-order valence-corrected chi connectivity index (χ3v) is 2.88. The van der Waals surface area contributed by atoms with E-state index >= 15 is 0 Å². The fourth-order valence-corrected chi connectivity index (χ4v) is 1.59. The van der Waals surface area contributed by atoms with Crippen LogP contribution < -0.4 is 5.32 Å². The molecule has 0 radical (unpaired) electrons. The van der Waals surface area contributed by atoms with Crippen LogP contribution in [0.2, 0.25) is 0 Å². The van der Waals surface area contributed by atoms with Crippen molar-refractivity contribution in [3.8, 4) is 0 Å². The van der Waals surface area contributed by atoms with Crippen LogP contribution >= 0.6 is 0 Å². The fraction of sp³-hybridized carbons (Fsp3) is 0.769. The SMILES string of the molecule is CC(C)(C)c1noc(CCCC(=O)NC2CC2)n1. The van der Waals surface area contributed by atoms with Gasteiger partial charge in [0.05, 0.1) is 0 Å². The second-order valence-corrected chi connectivity index (χ2v) is 5.96. The maximum Gasteiger partial charge on any atom is 0.226 e. The van der Waals surface area contributed by atoms with Crippen molar-refractivity contribution in [1.29, 1.82) is 0 Å². The number of carbonyl (C=O) groups excluding carboxylic acids is 1. The van der Waals surface area contributed by atoms with Crippen molar-refractivity contribution in [2.45, 2.75) is 64.3 Å². The van der Waals surface area contributed by atoms with Crippen molar-refractivity contribution in [1.82, 2.24) is 15.5 Å². The van der Waals surface area contributed by atoms with E-state index in [4.69, 9.17) is 4.52 Å². The first kappa shape index (κ1) is 13.1. The molecule has 0 aromatic carbocycles. The normalized spacial score (nSPS) is 15.7. The molecule has 18 heavy (non-hydrogen) atoms. The molecule has 1 heterocycles. The van der Waals surface area contributed by atoms with Crippen molar-refractivity contribution in [2.75, 3.05) is 0 Å². The summed E-state index contributed by atoms with van der Waals surface area (Å²) in [4.78, 5) is 15.8. The molecule has 5 heteroatoms. The first-order valence-electron chi connectivity index (χ1n) is 6.57. The molecule has 1 fully saturated rings. The zero-order chi connectivity index (χ0) is 13.2. The Bertz CT molecular complexity index is 416. The molecule has 0 unspecified atom stereocenters. The molecule has 1 aromatic heterocycles. The number of aryl methyl sites for hydroxylation is 1. The lowest BCUT2D eigenvalue weighted by atomic mass is 9.96. The number of nitrogens with one attached hydrogen (secondary N) is 1. The molecule has 0 atom stereocenters. The van der Waals surface area contributed by atoms with Crippen molar-refractivity contribution < 1.29 is 9.32 Å². The van der Waals surface area contributed by atoms with Gasteiger partial charge < -0.3 is 9.84 Å².